The van der Waals surface area contributed by atoms with Crippen molar-refractivity contribution in [1.82, 2.24) is 0 Å². The Balaban J connectivity index is 4.39. The van der Waals surface area contributed by atoms with E-state index in [1.807, 2.05) is 26.9 Å². The Morgan fingerprint density at radius 1 is 1.43 bits per heavy atom. The van der Waals surface area contributed by atoms with Gasteiger partial charge in [-0.15, -0.1) is 0 Å². The van der Waals surface area contributed by atoms with E-state index in [1.165, 1.54) is 0 Å². The topological polar surface area (TPSA) is 57.5 Å². The molecule has 0 heterocycles. The summed E-state index contributed by atoms with van der Waals surface area (Å²) in [7, 11) is -2.23. The van der Waals surface area contributed by atoms with Crippen molar-refractivity contribution >= 4 is 14.6 Å². The highest BCUT2D eigenvalue weighted by atomic mass is 28.4. The molecule has 0 aromatic carbocycles. The zero-order valence-electron chi connectivity index (χ0n) is 9.58. The van der Waals surface area contributed by atoms with Crippen molar-refractivity contribution in [1.29, 1.82) is 0 Å². The van der Waals surface area contributed by atoms with Gasteiger partial charge in [0.15, 0.2) is 8.32 Å². The molecule has 0 fully saturated rings. The fourth-order valence-electron chi connectivity index (χ4n) is 1.29. The first-order valence-electron chi connectivity index (χ1n) is 5.03. The summed E-state index contributed by atoms with van der Waals surface area (Å²) in [6.07, 6.45) is 2.04. The second-order valence-corrected chi connectivity index (χ2v) is 9.53. The predicted molar refractivity (Wildman–Crippen MR) is 59.6 cm³/mol. The average Bonchev–Trinajstić information content (AvgIpc) is 2.01. The second kappa shape index (κ2) is 5.05. The largest absolute Gasteiger partial charge is 0.432 e. The summed E-state index contributed by atoms with van der Waals surface area (Å²) in [5.41, 5.74) is 0. The molecule has 0 spiro atoms. The van der Waals surface area contributed by atoms with Crippen molar-refractivity contribution < 1.29 is 14.7 Å². The van der Waals surface area contributed by atoms with E-state index < -0.39 is 8.32 Å². The molecule has 0 radical (unpaired) electrons. The maximum atomic E-state index is 10.7. The van der Waals surface area contributed by atoms with E-state index in [0.29, 0.717) is 12.8 Å². The van der Waals surface area contributed by atoms with Crippen molar-refractivity contribution in [3.05, 3.63) is 0 Å². The van der Waals surface area contributed by atoms with Gasteiger partial charge in [0, 0.05) is 12.5 Å². The van der Waals surface area contributed by atoms with Gasteiger partial charge in [-0.2, -0.15) is 0 Å². The minimum Gasteiger partial charge on any atom is -0.432 e. The van der Waals surface area contributed by atoms with E-state index in [1.54, 1.807) is 0 Å². The summed E-state index contributed by atoms with van der Waals surface area (Å²) >= 11 is 0. The van der Waals surface area contributed by atoms with E-state index in [0.717, 1.165) is 6.29 Å². The number of aliphatic hydroxyl groups excluding tert-OH is 1. The van der Waals surface area contributed by atoms with Crippen LogP contribution in [0, 0.1) is 5.92 Å². The van der Waals surface area contributed by atoms with Crippen molar-refractivity contribution in [3.63, 3.8) is 0 Å². The Morgan fingerprint density at radius 2 is 1.93 bits per heavy atom. The zero-order chi connectivity index (χ0) is 11.4. The van der Waals surface area contributed by atoms with Gasteiger partial charge in [-0.1, -0.05) is 13.8 Å². The molecular weight excluding hydrogens is 196 g/mol. The Kier molecular flexibility index (Phi) is 4.98. The van der Waals surface area contributed by atoms with Crippen LogP contribution < -0.4 is 0 Å². The zero-order valence-corrected chi connectivity index (χ0v) is 10.6. The molecule has 0 aliphatic heterocycles. The van der Waals surface area contributed by atoms with Gasteiger partial charge in [0.05, 0.1) is 0 Å². The van der Waals surface area contributed by atoms with Crippen molar-refractivity contribution in [3.8, 4) is 0 Å². The molecule has 0 saturated heterocycles. The van der Waals surface area contributed by atoms with Gasteiger partial charge >= 0.3 is 0 Å². The number of hydrogen-bond acceptors (Lipinski definition) is 3. The van der Waals surface area contributed by atoms with Crippen LogP contribution in [-0.4, -0.2) is 31.1 Å². The van der Waals surface area contributed by atoms with Crippen LogP contribution >= 0.6 is 0 Å². The summed E-state index contributed by atoms with van der Waals surface area (Å²) in [5, 5.41) is 8.57. The molecule has 0 bridgehead atoms. The first kappa shape index (κ1) is 13.8. The summed E-state index contributed by atoms with van der Waals surface area (Å²) in [6.45, 7) is 7.79. The molecule has 0 aliphatic carbocycles. The van der Waals surface area contributed by atoms with Crippen molar-refractivity contribution in [2.24, 2.45) is 5.92 Å². The maximum Gasteiger partial charge on any atom is 0.188 e. The molecule has 1 atom stereocenters. The van der Waals surface area contributed by atoms with Gasteiger partial charge < -0.3 is 14.7 Å². The van der Waals surface area contributed by atoms with Crippen LogP contribution in [0.1, 0.15) is 26.7 Å². The highest BCUT2D eigenvalue weighted by Gasteiger charge is 2.39. The number of hydrogen-bond donors (Lipinski definition) is 2. The number of aliphatic hydroxyl groups is 1. The van der Waals surface area contributed by atoms with E-state index in [9.17, 15) is 9.59 Å². The van der Waals surface area contributed by atoms with Crippen molar-refractivity contribution in [2.45, 2.75) is 44.8 Å². The van der Waals surface area contributed by atoms with Crippen LogP contribution in [0.25, 0.3) is 0 Å². The molecule has 0 aromatic heterocycles. The molecule has 2 N–H and O–H groups in total. The van der Waals surface area contributed by atoms with Gasteiger partial charge in [0.1, 0.15) is 6.29 Å². The fourth-order valence-corrected chi connectivity index (χ4v) is 2.05. The molecule has 4 heteroatoms. The van der Waals surface area contributed by atoms with Crippen LogP contribution in [0.2, 0.25) is 18.1 Å². The van der Waals surface area contributed by atoms with Gasteiger partial charge in [0.25, 0.3) is 0 Å². The predicted octanol–water partition coefficient (Wildman–Crippen LogP) is 1.55. The van der Waals surface area contributed by atoms with E-state index in [-0.39, 0.29) is 17.6 Å². The molecule has 0 aliphatic rings. The standard InChI is InChI=1S/C10H22O3Si/c1-10(2,14(3,4)13)7-9(8-12)5-6-11/h8-9,11,13H,5-7H2,1-4H3. The Labute approximate surface area is 87.3 Å². The normalized spacial score (nSPS) is 15.3. The first-order chi connectivity index (χ1) is 6.24. The summed E-state index contributed by atoms with van der Waals surface area (Å²) in [4.78, 5) is 20.7. The average molecular weight is 218 g/mol. The Bertz CT molecular complexity index is 184. The fraction of sp³-hybridized carbons (Fsp3) is 0.900. The monoisotopic (exact) mass is 218 g/mol. The molecule has 0 aromatic rings. The van der Waals surface area contributed by atoms with Crippen LogP contribution in [0.4, 0.5) is 0 Å². The third-order valence-corrected chi connectivity index (χ3v) is 6.64. The highest BCUT2D eigenvalue weighted by Crippen LogP contribution is 2.41. The number of aldehydes is 1. The van der Waals surface area contributed by atoms with Crippen LogP contribution in [0.5, 0.6) is 0 Å². The van der Waals surface area contributed by atoms with Gasteiger partial charge in [-0.25, -0.2) is 0 Å². The molecule has 1 unspecified atom stereocenters. The molecular formula is C10H22O3Si. The van der Waals surface area contributed by atoms with Crippen LogP contribution in [-0.2, 0) is 4.79 Å². The van der Waals surface area contributed by atoms with Crippen LogP contribution in [0.15, 0.2) is 0 Å². The second-order valence-electron chi connectivity index (χ2n) is 5.06. The third kappa shape index (κ3) is 3.90. The van der Waals surface area contributed by atoms with E-state index in [4.69, 9.17) is 5.11 Å². The highest BCUT2D eigenvalue weighted by molar-refractivity contribution is 6.72. The molecule has 3 nitrogen and oxygen atoms in total. The molecule has 0 saturated carbocycles. The third-order valence-electron chi connectivity index (χ3n) is 3.12. The number of carbonyl (C=O) groups is 1. The van der Waals surface area contributed by atoms with Gasteiger partial charge in [-0.05, 0) is 31.0 Å². The summed E-state index contributed by atoms with van der Waals surface area (Å²) in [5.74, 6) is -0.131. The molecule has 0 rings (SSSR count). The molecule has 14 heavy (non-hydrogen) atoms. The SMILES string of the molecule is CC(C)(CC(C=O)CCO)[Si](C)(C)O. The van der Waals surface area contributed by atoms with E-state index in [2.05, 4.69) is 0 Å². The summed E-state index contributed by atoms with van der Waals surface area (Å²) in [6, 6.07) is 0. The summed E-state index contributed by atoms with van der Waals surface area (Å²) < 4.78 is 0. The number of rotatable bonds is 6. The van der Waals surface area contributed by atoms with Gasteiger partial charge in [0.2, 0.25) is 0 Å². The molecule has 84 valence electrons. The lowest BCUT2D eigenvalue weighted by atomic mass is 9.95. The van der Waals surface area contributed by atoms with E-state index >= 15 is 0 Å². The maximum absolute atomic E-state index is 10.7. The Hall–Kier alpha value is -0.193. The lowest BCUT2D eigenvalue weighted by molar-refractivity contribution is -0.111. The minimum atomic E-state index is -2.23. The van der Waals surface area contributed by atoms with Crippen molar-refractivity contribution in [2.75, 3.05) is 6.61 Å². The quantitative estimate of drug-likeness (QED) is 0.525. The minimum absolute atomic E-state index is 0.0346. The van der Waals surface area contributed by atoms with Gasteiger partial charge in [-0.3, -0.25) is 0 Å². The smallest absolute Gasteiger partial charge is 0.188 e. The molecule has 0 amide bonds. The lowest BCUT2D eigenvalue weighted by Gasteiger charge is -2.36. The Morgan fingerprint density at radius 3 is 2.21 bits per heavy atom. The van der Waals surface area contributed by atoms with Crippen LogP contribution in [0.3, 0.4) is 0 Å². The lowest BCUT2D eigenvalue weighted by Crippen LogP contribution is -2.40. The first-order valence-corrected chi connectivity index (χ1v) is 7.98. The number of carbonyl (C=O) groups excluding carboxylic acids is 1.